The zero-order chi connectivity index (χ0) is 16.4. The van der Waals surface area contributed by atoms with Gasteiger partial charge in [-0.05, 0) is 32.6 Å². The number of aliphatic hydroxyl groups is 1. The van der Waals surface area contributed by atoms with Crippen LogP contribution in [-0.4, -0.2) is 62.7 Å². The van der Waals surface area contributed by atoms with Crippen LogP contribution in [0.4, 0.5) is 0 Å². The van der Waals surface area contributed by atoms with Gasteiger partial charge in [-0.15, -0.1) is 24.0 Å². The van der Waals surface area contributed by atoms with Gasteiger partial charge < -0.3 is 25.2 Å². The van der Waals surface area contributed by atoms with E-state index in [1.807, 2.05) is 6.92 Å². The molecule has 1 aliphatic heterocycles. The molecule has 24 heavy (non-hydrogen) atoms. The molecule has 1 saturated carbocycles. The van der Waals surface area contributed by atoms with E-state index < -0.39 is 5.60 Å². The van der Waals surface area contributed by atoms with E-state index in [0.29, 0.717) is 12.5 Å². The van der Waals surface area contributed by atoms with Crippen molar-refractivity contribution in [3.8, 4) is 0 Å². The molecule has 0 radical (unpaired) electrons. The molecule has 2 fully saturated rings. The molecular weight excluding hydrogens is 421 g/mol. The first-order valence-electron chi connectivity index (χ1n) is 9.12. The molecule has 1 saturated heterocycles. The van der Waals surface area contributed by atoms with Gasteiger partial charge >= 0.3 is 0 Å². The van der Waals surface area contributed by atoms with Gasteiger partial charge in [0.05, 0.1) is 25.4 Å². The number of hydrogen-bond donors (Lipinski definition) is 3. The van der Waals surface area contributed by atoms with E-state index in [4.69, 9.17) is 9.47 Å². The van der Waals surface area contributed by atoms with Gasteiger partial charge in [-0.25, -0.2) is 0 Å². The van der Waals surface area contributed by atoms with E-state index in [1.54, 1.807) is 0 Å². The van der Waals surface area contributed by atoms with E-state index in [-0.39, 0.29) is 24.0 Å². The topological polar surface area (TPSA) is 75.1 Å². The quantitative estimate of drug-likeness (QED) is 0.214. The minimum absolute atomic E-state index is 0. The van der Waals surface area contributed by atoms with Crippen LogP contribution in [0.5, 0.6) is 0 Å². The Morgan fingerprint density at radius 2 is 2.12 bits per heavy atom. The molecule has 3 N–H and O–H groups in total. The third-order valence-electron chi connectivity index (χ3n) is 4.55. The first-order chi connectivity index (χ1) is 11.2. The highest BCUT2D eigenvalue weighted by molar-refractivity contribution is 14.0. The summed E-state index contributed by atoms with van der Waals surface area (Å²) in [5.41, 5.74) is -0.588. The highest BCUT2D eigenvalue weighted by atomic mass is 127. The predicted molar refractivity (Wildman–Crippen MR) is 107 cm³/mol. The Morgan fingerprint density at radius 1 is 1.33 bits per heavy atom. The number of guanidine groups is 1. The molecule has 1 atom stereocenters. The molecule has 1 unspecified atom stereocenters. The number of halogens is 1. The van der Waals surface area contributed by atoms with E-state index in [0.717, 1.165) is 84.0 Å². The fourth-order valence-electron chi connectivity index (χ4n) is 3.10. The number of nitrogens with one attached hydrogen (secondary N) is 2. The highest BCUT2D eigenvalue weighted by Gasteiger charge is 2.30. The molecule has 2 rings (SSSR count). The smallest absolute Gasteiger partial charge is 0.191 e. The average Bonchev–Trinajstić information content (AvgIpc) is 3.20. The van der Waals surface area contributed by atoms with Gasteiger partial charge in [0.15, 0.2) is 5.96 Å². The highest BCUT2D eigenvalue weighted by Crippen LogP contribution is 2.29. The minimum atomic E-state index is -0.588. The Hall–Kier alpha value is -0.120. The lowest BCUT2D eigenvalue weighted by Crippen LogP contribution is -2.40. The summed E-state index contributed by atoms with van der Waals surface area (Å²) in [5.74, 6) is 1.37. The summed E-state index contributed by atoms with van der Waals surface area (Å²) in [7, 11) is 0. The lowest BCUT2D eigenvalue weighted by molar-refractivity contribution is 0.0574. The molecule has 0 aromatic heterocycles. The maximum atomic E-state index is 10.4. The Labute approximate surface area is 163 Å². The Morgan fingerprint density at radius 3 is 2.79 bits per heavy atom. The van der Waals surface area contributed by atoms with Crippen LogP contribution in [0.2, 0.25) is 0 Å². The molecule has 1 heterocycles. The second kappa shape index (κ2) is 12.3. The van der Waals surface area contributed by atoms with Gasteiger partial charge in [-0.1, -0.05) is 12.8 Å². The largest absolute Gasteiger partial charge is 0.388 e. The second-order valence-corrected chi connectivity index (χ2v) is 6.71. The maximum absolute atomic E-state index is 10.4. The summed E-state index contributed by atoms with van der Waals surface area (Å²) >= 11 is 0. The first kappa shape index (κ1) is 21.9. The number of ether oxygens (including phenoxy) is 2. The van der Waals surface area contributed by atoms with Crippen LogP contribution >= 0.6 is 24.0 Å². The van der Waals surface area contributed by atoms with Gasteiger partial charge in [0.25, 0.3) is 0 Å². The lowest BCUT2D eigenvalue weighted by Gasteiger charge is -2.20. The third-order valence-corrected chi connectivity index (χ3v) is 4.55. The molecule has 0 spiro atoms. The summed E-state index contributed by atoms with van der Waals surface area (Å²) in [5, 5.41) is 16.9. The molecule has 2 aliphatic rings. The summed E-state index contributed by atoms with van der Waals surface area (Å²) in [4.78, 5) is 4.54. The second-order valence-electron chi connectivity index (χ2n) is 6.71. The zero-order valence-electron chi connectivity index (χ0n) is 14.9. The van der Waals surface area contributed by atoms with Crippen molar-refractivity contribution in [3.05, 3.63) is 0 Å². The van der Waals surface area contributed by atoms with Crippen molar-refractivity contribution in [2.75, 3.05) is 46.1 Å². The van der Waals surface area contributed by atoms with Gasteiger partial charge in [0, 0.05) is 32.2 Å². The molecule has 1 aliphatic carbocycles. The van der Waals surface area contributed by atoms with Crippen LogP contribution in [0, 0.1) is 5.92 Å². The van der Waals surface area contributed by atoms with Crippen LogP contribution in [-0.2, 0) is 9.47 Å². The van der Waals surface area contributed by atoms with Gasteiger partial charge in [-0.3, -0.25) is 4.99 Å². The number of aliphatic imine (C=N–C) groups is 1. The Kier molecular flexibility index (Phi) is 11.2. The van der Waals surface area contributed by atoms with Crippen molar-refractivity contribution < 1.29 is 14.6 Å². The van der Waals surface area contributed by atoms with Crippen molar-refractivity contribution in [2.45, 2.75) is 51.0 Å². The first-order valence-corrected chi connectivity index (χ1v) is 9.12. The third kappa shape index (κ3) is 8.31. The molecule has 0 aromatic rings. The van der Waals surface area contributed by atoms with E-state index in [2.05, 4.69) is 15.6 Å². The predicted octanol–water partition coefficient (Wildman–Crippen LogP) is 1.91. The van der Waals surface area contributed by atoms with Gasteiger partial charge in [-0.2, -0.15) is 0 Å². The van der Waals surface area contributed by atoms with Crippen molar-refractivity contribution in [3.63, 3.8) is 0 Å². The summed E-state index contributed by atoms with van der Waals surface area (Å²) < 4.78 is 11.0. The normalized spacial score (nSPS) is 23.1. The van der Waals surface area contributed by atoms with E-state index in [9.17, 15) is 5.11 Å². The van der Waals surface area contributed by atoms with Crippen LogP contribution in [0.1, 0.15) is 45.4 Å². The molecule has 0 aromatic carbocycles. The van der Waals surface area contributed by atoms with Crippen LogP contribution in [0.3, 0.4) is 0 Å². The van der Waals surface area contributed by atoms with Gasteiger partial charge in [0.1, 0.15) is 0 Å². The molecular formula is C17H34IN3O3. The number of hydrogen-bond acceptors (Lipinski definition) is 4. The van der Waals surface area contributed by atoms with Crippen LogP contribution in [0.25, 0.3) is 0 Å². The molecule has 6 nitrogen and oxygen atoms in total. The summed E-state index contributed by atoms with van der Waals surface area (Å²) in [6.45, 7) is 7.47. The lowest BCUT2D eigenvalue weighted by atomic mass is 10.0. The fraction of sp³-hybridized carbons (Fsp3) is 0.941. The monoisotopic (exact) mass is 455 g/mol. The van der Waals surface area contributed by atoms with Crippen molar-refractivity contribution >= 4 is 29.9 Å². The Bertz CT molecular complexity index is 357. The summed E-state index contributed by atoms with van der Waals surface area (Å²) in [6, 6.07) is 0. The molecule has 142 valence electrons. The van der Waals surface area contributed by atoms with E-state index >= 15 is 0 Å². The standard InChI is InChI=1S/C17H33N3O3.HI/c1-2-18-16(20-14-17(21)7-3-4-8-17)19-9-5-10-22-12-15-6-11-23-13-15;/h15,21H,2-14H2,1H3,(H2,18,19,20);1H. The van der Waals surface area contributed by atoms with Crippen molar-refractivity contribution in [2.24, 2.45) is 10.9 Å². The van der Waals surface area contributed by atoms with Gasteiger partial charge in [0.2, 0.25) is 0 Å². The molecule has 0 amide bonds. The number of rotatable bonds is 9. The Balaban J connectivity index is 0.00000288. The summed E-state index contributed by atoms with van der Waals surface area (Å²) in [6.07, 6.45) is 6.03. The maximum Gasteiger partial charge on any atom is 0.191 e. The van der Waals surface area contributed by atoms with Crippen molar-refractivity contribution in [1.82, 2.24) is 10.6 Å². The number of nitrogens with zero attached hydrogens (tertiary/aromatic N) is 1. The minimum Gasteiger partial charge on any atom is -0.388 e. The molecule has 7 heteroatoms. The van der Waals surface area contributed by atoms with E-state index in [1.165, 1.54) is 0 Å². The fourth-order valence-corrected chi connectivity index (χ4v) is 3.10. The molecule has 0 bridgehead atoms. The zero-order valence-corrected chi connectivity index (χ0v) is 17.2. The van der Waals surface area contributed by atoms with Crippen LogP contribution < -0.4 is 10.6 Å². The average molecular weight is 455 g/mol. The van der Waals surface area contributed by atoms with Crippen molar-refractivity contribution in [1.29, 1.82) is 0 Å². The van der Waals surface area contributed by atoms with Crippen LogP contribution in [0.15, 0.2) is 4.99 Å². The SMILES string of the molecule is CCNC(=NCC1(O)CCCC1)NCCCOCC1CCOC1.I.